The number of benzene rings is 1. The molecule has 106 valence electrons. The molecule has 0 aliphatic heterocycles. The number of carboxylic acids is 1. The summed E-state index contributed by atoms with van der Waals surface area (Å²) in [5, 5.41) is 10.6. The monoisotopic (exact) mass is 310 g/mol. The van der Waals surface area contributed by atoms with Crippen molar-refractivity contribution in [3.63, 3.8) is 0 Å². The number of aromatic nitrogens is 2. The third-order valence-electron chi connectivity index (χ3n) is 2.88. The molecule has 0 spiro atoms. The zero-order chi connectivity index (χ0) is 14.5. The van der Waals surface area contributed by atoms with Gasteiger partial charge >= 0.3 is 5.97 Å². The van der Waals surface area contributed by atoms with Crippen molar-refractivity contribution < 1.29 is 9.90 Å². The molecule has 1 heterocycles. The van der Waals surface area contributed by atoms with Crippen molar-refractivity contribution in [1.29, 1.82) is 0 Å². The third kappa shape index (κ3) is 3.77. The highest BCUT2D eigenvalue weighted by atomic mass is 35.5. The van der Waals surface area contributed by atoms with Crippen LogP contribution in [-0.2, 0) is 17.6 Å². The van der Waals surface area contributed by atoms with Gasteiger partial charge in [-0.3, -0.25) is 4.79 Å². The molecular formula is C14H15ClN2O2S. The number of nitrogens with zero attached hydrogens (tertiary/aromatic N) is 2. The maximum absolute atomic E-state index is 11.5. The van der Waals surface area contributed by atoms with Gasteiger partial charge in [-0.2, -0.15) is 4.37 Å². The number of halogens is 1. The van der Waals surface area contributed by atoms with Gasteiger partial charge in [-0.15, -0.1) is 0 Å². The number of hydrogen-bond acceptors (Lipinski definition) is 4. The second kappa shape index (κ2) is 6.81. The fourth-order valence-corrected chi connectivity index (χ4v) is 2.92. The van der Waals surface area contributed by atoms with Gasteiger partial charge in [0.25, 0.3) is 0 Å². The van der Waals surface area contributed by atoms with Crippen LogP contribution >= 0.6 is 23.1 Å². The van der Waals surface area contributed by atoms with Gasteiger partial charge in [0.1, 0.15) is 16.7 Å². The highest BCUT2D eigenvalue weighted by molar-refractivity contribution is 7.05. The fraction of sp³-hybridized carbons (Fsp3) is 0.357. The largest absolute Gasteiger partial charge is 0.481 e. The summed E-state index contributed by atoms with van der Waals surface area (Å²) in [6, 6.07) is 7.24. The minimum atomic E-state index is -0.885. The lowest BCUT2D eigenvalue weighted by atomic mass is 10.00. The maximum Gasteiger partial charge on any atom is 0.313 e. The highest BCUT2D eigenvalue weighted by Gasteiger charge is 2.24. The Morgan fingerprint density at radius 2 is 2.30 bits per heavy atom. The Labute approximate surface area is 126 Å². The summed E-state index contributed by atoms with van der Waals surface area (Å²) < 4.78 is 4.21. The zero-order valence-electron chi connectivity index (χ0n) is 11.0. The molecule has 0 bridgehead atoms. The van der Waals surface area contributed by atoms with Crippen LogP contribution in [0.1, 0.15) is 35.7 Å². The number of hydrogen-bond donors (Lipinski definition) is 1. The first kappa shape index (κ1) is 14.9. The van der Waals surface area contributed by atoms with Gasteiger partial charge in [0.15, 0.2) is 0 Å². The second-order valence-corrected chi connectivity index (χ2v) is 5.74. The predicted molar refractivity (Wildman–Crippen MR) is 79.4 cm³/mol. The summed E-state index contributed by atoms with van der Waals surface area (Å²) in [6.07, 6.45) is 2.10. The summed E-state index contributed by atoms with van der Waals surface area (Å²) in [6.45, 7) is 2.04. The molecular weight excluding hydrogens is 296 g/mol. The van der Waals surface area contributed by atoms with E-state index in [9.17, 15) is 9.90 Å². The average molecular weight is 311 g/mol. The second-order valence-electron chi connectivity index (χ2n) is 4.52. The molecule has 1 atom stereocenters. The molecule has 0 aliphatic rings. The van der Waals surface area contributed by atoms with Crippen LogP contribution in [0.3, 0.4) is 0 Å². The third-order valence-corrected chi connectivity index (χ3v) is 3.98. The lowest BCUT2D eigenvalue weighted by molar-refractivity contribution is -0.138. The molecule has 4 nitrogen and oxygen atoms in total. The van der Waals surface area contributed by atoms with Crippen LogP contribution in [0.2, 0.25) is 5.02 Å². The molecule has 0 radical (unpaired) electrons. The quantitative estimate of drug-likeness (QED) is 0.886. The number of aryl methyl sites for hydroxylation is 1. The minimum absolute atomic E-state index is 0.372. The van der Waals surface area contributed by atoms with Crippen molar-refractivity contribution in [3.05, 3.63) is 45.7 Å². The van der Waals surface area contributed by atoms with Crippen molar-refractivity contribution >= 4 is 29.1 Å². The standard InChI is InChI=1S/C14H15ClN2O2S/c1-2-4-12-16-13(20-17-12)11(14(18)19)8-9-5-3-6-10(15)7-9/h3,5-7,11H,2,4,8H2,1H3,(H,18,19). The van der Waals surface area contributed by atoms with Crippen molar-refractivity contribution in [2.24, 2.45) is 0 Å². The molecule has 2 aromatic rings. The predicted octanol–water partition coefficient (Wildman–Crippen LogP) is 3.55. The maximum atomic E-state index is 11.5. The van der Waals surface area contributed by atoms with E-state index in [4.69, 9.17) is 11.6 Å². The Kier molecular flexibility index (Phi) is 5.09. The van der Waals surface area contributed by atoms with Gasteiger partial charge in [-0.05, 0) is 42.1 Å². The van der Waals surface area contributed by atoms with E-state index in [1.165, 1.54) is 11.5 Å². The Hall–Kier alpha value is -1.46. The van der Waals surface area contributed by atoms with E-state index in [0.717, 1.165) is 24.2 Å². The van der Waals surface area contributed by atoms with E-state index in [1.807, 2.05) is 19.1 Å². The summed E-state index contributed by atoms with van der Waals surface area (Å²) in [5.41, 5.74) is 0.886. The molecule has 1 aromatic heterocycles. The van der Waals surface area contributed by atoms with Crippen LogP contribution in [-0.4, -0.2) is 20.4 Å². The highest BCUT2D eigenvalue weighted by Crippen LogP contribution is 2.24. The lowest BCUT2D eigenvalue weighted by Gasteiger charge is -2.09. The summed E-state index contributed by atoms with van der Waals surface area (Å²) in [4.78, 5) is 15.8. The van der Waals surface area contributed by atoms with Crippen molar-refractivity contribution in [2.45, 2.75) is 32.1 Å². The Morgan fingerprint density at radius 3 is 2.95 bits per heavy atom. The topological polar surface area (TPSA) is 63.1 Å². The van der Waals surface area contributed by atoms with E-state index >= 15 is 0 Å². The molecule has 6 heteroatoms. The minimum Gasteiger partial charge on any atom is -0.481 e. The number of carbonyl (C=O) groups is 1. The zero-order valence-corrected chi connectivity index (χ0v) is 12.6. The van der Waals surface area contributed by atoms with E-state index < -0.39 is 11.9 Å². The Bertz CT molecular complexity index is 600. The normalized spacial score (nSPS) is 12.3. The number of rotatable bonds is 6. The van der Waals surface area contributed by atoms with Crippen LogP contribution < -0.4 is 0 Å². The molecule has 1 aromatic carbocycles. The first-order valence-electron chi connectivity index (χ1n) is 6.40. The van der Waals surface area contributed by atoms with Gasteiger partial charge in [0.05, 0.1) is 0 Å². The van der Waals surface area contributed by atoms with Crippen molar-refractivity contribution in [2.75, 3.05) is 0 Å². The van der Waals surface area contributed by atoms with Crippen LogP contribution in [0.25, 0.3) is 0 Å². The van der Waals surface area contributed by atoms with E-state index in [1.54, 1.807) is 12.1 Å². The van der Waals surface area contributed by atoms with Gasteiger partial charge in [0.2, 0.25) is 0 Å². The van der Waals surface area contributed by atoms with E-state index in [2.05, 4.69) is 9.36 Å². The van der Waals surface area contributed by atoms with Gasteiger partial charge in [-0.25, -0.2) is 4.98 Å². The number of aliphatic carboxylic acids is 1. The smallest absolute Gasteiger partial charge is 0.313 e. The molecule has 0 amide bonds. The Morgan fingerprint density at radius 1 is 1.50 bits per heavy atom. The summed E-state index contributed by atoms with van der Waals surface area (Å²) >= 11 is 7.10. The fourth-order valence-electron chi connectivity index (χ4n) is 1.91. The molecule has 1 unspecified atom stereocenters. The SMILES string of the molecule is CCCc1nsc(C(Cc2cccc(Cl)c2)C(=O)O)n1. The summed E-state index contributed by atoms with van der Waals surface area (Å²) in [7, 11) is 0. The molecule has 2 rings (SSSR count). The molecule has 1 N–H and O–H groups in total. The average Bonchev–Trinajstić information content (AvgIpc) is 2.84. The molecule has 0 saturated carbocycles. The van der Waals surface area contributed by atoms with Crippen molar-refractivity contribution in [1.82, 2.24) is 9.36 Å². The van der Waals surface area contributed by atoms with Gasteiger partial charge in [-0.1, -0.05) is 30.7 Å². The molecule has 0 aliphatic carbocycles. The molecule has 0 fully saturated rings. The first-order chi connectivity index (χ1) is 9.60. The van der Waals surface area contributed by atoms with Crippen LogP contribution in [0.15, 0.2) is 24.3 Å². The van der Waals surface area contributed by atoms with E-state index in [0.29, 0.717) is 16.5 Å². The molecule has 0 saturated heterocycles. The number of carboxylic acid groups (broad SMARTS) is 1. The summed E-state index contributed by atoms with van der Waals surface area (Å²) in [5.74, 6) is -0.828. The lowest BCUT2D eigenvalue weighted by Crippen LogP contribution is -2.14. The van der Waals surface area contributed by atoms with Crippen LogP contribution in [0.5, 0.6) is 0 Å². The van der Waals surface area contributed by atoms with Crippen LogP contribution in [0.4, 0.5) is 0 Å². The first-order valence-corrected chi connectivity index (χ1v) is 7.55. The van der Waals surface area contributed by atoms with E-state index in [-0.39, 0.29) is 0 Å². The van der Waals surface area contributed by atoms with Gasteiger partial charge < -0.3 is 5.11 Å². The van der Waals surface area contributed by atoms with Crippen molar-refractivity contribution in [3.8, 4) is 0 Å². The van der Waals surface area contributed by atoms with Crippen LogP contribution in [0, 0.1) is 0 Å². The Balaban J connectivity index is 2.20. The molecule has 20 heavy (non-hydrogen) atoms. The van der Waals surface area contributed by atoms with Gasteiger partial charge in [0, 0.05) is 11.4 Å².